The van der Waals surface area contributed by atoms with Crippen LogP contribution in [0.25, 0.3) is 10.2 Å². The average molecular weight is 263 g/mol. The SMILES string of the molecule is Cc1nc2cc(NCC3CCOC3)c(N)cc2s1. The van der Waals surface area contributed by atoms with Crippen molar-refractivity contribution in [2.75, 3.05) is 30.8 Å². The molecular weight excluding hydrogens is 246 g/mol. The maximum atomic E-state index is 6.07. The minimum Gasteiger partial charge on any atom is -0.397 e. The molecule has 1 saturated heterocycles. The number of thiazole rings is 1. The third kappa shape index (κ3) is 2.28. The predicted octanol–water partition coefficient (Wildman–Crippen LogP) is 2.64. The number of anilines is 2. The summed E-state index contributed by atoms with van der Waals surface area (Å²) < 4.78 is 6.52. The minimum atomic E-state index is 0.595. The molecule has 1 atom stereocenters. The molecule has 0 radical (unpaired) electrons. The lowest BCUT2D eigenvalue weighted by Crippen LogP contribution is -2.14. The Balaban J connectivity index is 1.79. The maximum absolute atomic E-state index is 6.07. The second-order valence-electron chi connectivity index (χ2n) is 4.75. The van der Waals surface area contributed by atoms with Gasteiger partial charge in [-0.05, 0) is 25.5 Å². The van der Waals surface area contributed by atoms with Gasteiger partial charge in [-0.25, -0.2) is 4.98 Å². The number of nitrogens with two attached hydrogens (primary N) is 1. The van der Waals surface area contributed by atoms with Crippen molar-refractivity contribution in [3.8, 4) is 0 Å². The van der Waals surface area contributed by atoms with Gasteiger partial charge in [0.2, 0.25) is 0 Å². The number of aromatic nitrogens is 1. The molecule has 0 saturated carbocycles. The highest BCUT2D eigenvalue weighted by Crippen LogP contribution is 2.30. The fourth-order valence-corrected chi connectivity index (χ4v) is 3.11. The number of nitrogens with zero attached hydrogens (tertiary/aromatic N) is 1. The number of rotatable bonds is 3. The summed E-state index contributed by atoms with van der Waals surface area (Å²) in [6.45, 7) is 4.67. The Kier molecular flexibility index (Phi) is 3.09. The van der Waals surface area contributed by atoms with Crippen molar-refractivity contribution in [1.82, 2.24) is 4.98 Å². The van der Waals surface area contributed by atoms with E-state index < -0.39 is 0 Å². The van der Waals surface area contributed by atoms with E-state index in [0.717, 1.165) is 52.8 Å². The van der Waals surface area contributed by atoms with Gasteiger partial charge in [0, 0.05) is 19.1 Å². The molecule has 5 heteroatoms. The Morgan fingerprint density at radius 1 is 1.56 bits per heavy atom. The first kappa shape index (κ1) is 11.7. The lowest BCUT2D eigenvalue weighted by atomic mass is 10.1. The van der Waals surface area contributed by atoms with Crippen LogP contribution in [-0.2, 0) is 4.74 Å². The fourth-order valence-electron chi connectivity index (χ4n) is 2.26. The number of fused-ring (bicyclic) bond motifs is 1. The first-order valence-corrected chi connectivity index (χ1v) is 7.02. The largest absolute Gasteiger partial charge is 0.397 e. The molecule has 3 N–H and O–H groups in total. The molecule has 1 aliphatic heterocycles. The Morgan fingerprint density at radius 3 is 3.22 bits per heavy atom. The molecule has 1 aromatic heterocycles. The Bertz CT molecular complexity index is 561. The second kappa shape index (κ2) is 4.74. The molecule has 2 aromatic rings. The van der Waals surface area contributed by atoms with Crippen molar-refractivity contribution in [1.29, 1.82) is 0 Å². The van der Waals surface area contributed by atoms with Crippen molar-refractivity contribution < 1.29 is 4.74 Å². The van der Waals surface area contributed by atoms with Crippen molar-refractivity contribution in [2.24, 2.45) is 5.92 Å². The number of benzene rings is 1. The van der Waals surface area contributed by atoms with Crippen LogP contribution in [0.3, 0.4) is 0 Å². The molecule has 0 aliphatic carbocycles. The number of nitrogens with one attached hydrogen (secondary N) is 1. The number of hydrogen-bond donors (Lipinski definition) is 2. The summed E-state index contributed by atoms with van der Waals surface area (Å²) in [7, 11) is 0. The van der Waals surface area contributed by atoms with E-state index >= 15 is 0 Å². The molecule has 2 heterocycles. The van der Waals surface area contributed by atoms with Crippen molar-refractivity contribution in [3.05, 3.63) is 17.1 Å². The van der Waals surface area contributed by atoms with E-state index in [-0.39, 0.29) is 0 Å². The van der Waals surface area contributed by atoms with Gasteiger partial charge in [0.25, 0.3) is 0 Å². The Hall–Kier alpha value is -1.33. The predicted molar refractivity (Wildman–Crippen MR) is 76.2 cm³/mol. The zero-order valence-electron chi connectivity index (χ0n) is 10.4. The number of hydrogen-bond acceptors (Lipinski definition) is 5. The monoisotopic (exact) mass is 263 g/mol. The maximum Gasteiger partial charge on any atom is 0.0907 e. The highest BCUT2D eigenvalue weighted by molar-refractivity contribution is 7.18. The van der Waals surface area contributed by atoms with Gasteiger partial charge in [0.15, 0.2) is 0 Å². The summed E-state index contributed by atoms with van der Waals surface area (Å²) >= 11 is 1.68. The van der Waals surface area contributed by atoms with Crippen LogP contribution in [0.4, 0.5) is 11.4 Å². The molecule has 18 heavy (non-hydrogen) atoms. The molecule has 0 bridgehead atoms. The summed E-state index contributed by atoms with van der Waals surface area (Å²) in [5.74, 6) is 0.595. The van der Waals surface area contributed by atoms with Crippen LogP contribution in [0.2, 0.25) is 0 Å². The van der Waals surface area contributed by atoms with E-state index in [1.54, 1.807) is 11.3 Å². The summed E-state index contributed by atoms with van der Waals surface area (Å²) in [5.41, 5.74) is 8.87. The molecule has 1 fully saturated rings. The van der Waals surface area contributed by atoms with Crippen molar-refractivity contribution in [2.45, 2.75) is 13.3 Å². The first-order chi connectivity index (χ1) is 8.72. The van der Waals surface area contributed by atoms with Crippen LogP contribution >= 0.6 is 11.3 Å². The first-order valence-electron chi connectivity index (χ1n) is 6.20. The third-order valence-corrected chi connectivity index (χ3v) is 4.21. The van der Waals surface area contributed by atoms with Crippen LogP contribution in [0.5, 0.6) is 0 Å². The third-order valence-electron chi connectivity index (χ3n) is 3.27. The smallest absolute Gasteiger partial charge is 0.0907 e. The van der Waals surface area contributed by atoms with Gasteiger partial charge in [-0.3, -0.25) is 0 Å². The molecule has 0 spiro atoms. The van der Waals surface area contributed by atoms with Crippen LogP contribution in [-0.4, -0.2) is 24.7 Å². The summed E-state index contributed by atoms with van der Waals surface area (Å²) in [6.07, 6.45) is 1.13. The Labute approximate surface area is 110 Å². The minimum absolute atomic E-state index is 0.595. The molecule has 1 aliphatic rings. The van der Waals surface area contributed by atoms with Crippen LogP contribution < -0.4 is 11.1 Å². The van der Waals surface area contributed by atoms with Crippen LogP contribution in [0, 0.1) is 12.8 Å². The van der Waals surface area contributed by atoms with Gasteiger partial charge < -0.3 is 15.8 Å². The van der Waals surface area contributed by atoms with Gasteiger partial charge in [-0.15, -0.1) is 11.3 Å². The number of ether oxygens (including phenoxy) is 1. The van der Waals surface area contributed by atoms with Gasteiger partial charge in [-0.2, -0.15) is 0 Å². The van der Waals surface area contributed by atoms with Gasteiger partial charge in [0.1, 0.15) is 0 Å². The van der Waals surface area contributed by atoms with Crippen molar-refractivity contribution >= 4 is 32.9 Å². The van der Waals surface area contributed by atoms with E-state index in [1.807, 2.05) is 19.1 Å². The molecule has 1 unspecified atom stereocenters. The molecule has 96 valence electrons. The van der Waals surface area contributed by atoms with Crippen LogP contribution in [0.1, 0.15) is 11.4 Å². The quantitative estimate of drug-likeness (QED) is 0.836. The topological polar surface area (TPSA) is 60.2 Å². The molecule has 4 nitrogen and oxygen atoms in total. The van der Waals surface area contributed by atoms with E-state index in [4.69, 9.17) is 10.5 Å². The Morgan fingerprint density at radius 2 is 2.44 bits per heavy atom. The summed E-state index contributed by atoms with van der Waals surface area (Å²) in [4.78, 5) is 4.49. The van der Waals surface area contributed by atoms with E-state index in [2.05, 4.69) is 10.3 Å². The molecule has 1 aromatic carbocycles. The highest BCUT2D eigenvalue weighted by atomic mass is 32.1. The lowest BCUT2D eigenvalue weighted by molar-refractivity contribution is 0.187. The zero-order valence-corrected chi connectivity index (χ0v) is 11.2. The molecular formula is C13H17N3OS. The van der Waals surface area contributed by atoms with Crippen molar-refractivity contribution in [3.63, 3.8) is 0 Å². The second-order valence-corrected chi connectivity index (χ2v) is 5.99. The number of aryl methyl sites for hydroxylation is 1. The molecule has 3 rings (SSSR count). The fraction of sp³-hybridized carbons (Fsp3) is 0.462. The zero-order chi connectivity index (χ0) is 12.5. The van der Waals surface area contributed by atoms with E-state index in [1.165, 1.54) is 0 Å². The highest BCUT2D eigenvalue weighted by Gasteiger charge is 2.15. The summed E-state index contributed by atoms with van der Waals surface area (Å²) in [5, 5.41) is 4.49. The normalized spacial score (nSPS) is 19.5. The average Bonchev–Trinajstić information content (AvgIpc) is 2.94. The van der Waals surface area contributed by atoms with Gasteiger partial charge in [0.05, 0.1) is 33.2 Å². The van der Waals surface area contributed by atoms with E-state index in [9.17, 15) is 0 Å². The lowest BCUT2D eigenvalue weighted by Gasteiger charge is -2.12. The number of nitrogen functional groups attached to an aromatic ring is 1. The van der Waals surface area contributed by atoms with E-state index in [0.29, 0.717) is 5.92 Å². The standard InChI is InChI=1S/C13H17N3OS/c1-8-16-12-5-11(10(14)4-13(12)18-8)15-6-9-2-3-17-7-9/h4-5,9,15H,2-3,6-7,14H2,1H3. The van der Waals surface area contributed by atoms with Gasteiger partial charge >= 0.3 is 0 Å². The van der Waals surface area contributed by atoms with Crippen LogP contribution in [0.15, 0.2) is 12.1 Å². The summed E-state index contributed by atoms with van der Waals surface area (Å²) in [6, 6.07) is 4.05. The molecule has 0 amide bonds. The van der Waals surface area contributed by atoms with Gasteiger partial charge in [-0.1, -0.05) is 0 Å².